The number of aromatic nitrogens is 4. The van der Waals surface area contributed by atoms with E-state index in [0.29, 0.717) is 11.8 Å². The normalized spacial score (nSPS) is 14.8. The summed E-state index contributed by atoms with van der Waals surface area (Å²) in [7, 11) is 0. The molecule has 2 heterocycles. The molecular formula is C13H16N4OS. The minimum absolute atomic E-state index is 0.160. The second-order valence-electron chi connectivity index (χ2n) is 4.91. The van der Waals surface area contributed by atoms with E-state index in [1.807, 2.05) is 13.0 Å². The predicted molar refractivity (Wildman–Crippen MR) is 73.6 cm³/mol. The molecule has 6 heteroatoms. The molecule has 1 fully saturated rings. The van der Waals surface area contributed by atoms with Crippen LogP contribution in [0.15, 0.2) is 17.3 Å². The lowest BCUT2D eigenvalue weighted by molar-refractivity contribution is 0.102. The third kappa shape index (κ3) is 2.45. The van der Waals surface area contributed by atoms with Gasteiger partial charge in [0, 0.05) is 23.0 Å². The van der Waals surface area contributed by atoms with E-state index < -0.39 is 0 Å². The zero-order chi connectivity index (χ0) is 13.4. The molecule has 0 saturated heterocycles. The lowest BCUT2D eigenvalue weighted by Gasteiger charge is -2.07. The summed E-state index contributed by atoms with van der Waals surface area (Å²) < 4.78 is 2.30. The fourth-order valence-electron chi connectivity index (χ4n) is 2.43. The van der Waals surface area contributed by atoms with Gasteiger partial charge in [-0.15, -0.1) is 5.10 Å². The highest BCUT2D eigenvalue weighted by atomic mass is 32.2. The van der Waals surface area contributed by atoms with Crippen LogP contribution in [-0.4, -0.2) is 31.5 Å². The third-order valence-corrected chi connectivity index (χ3v) is 4.34. The summed E-state index contributed by atoms with van der Waals surface area (Å²) in [6.45, 7) is 4.12. The molecule has 1 aliphatic carbocycles. The number of ketones is 1. The van der Waals surface area contributed by atoms with Crippen LogP contribution in [-0.2, 0) is 0 Å². The summed E-state index contributed by atoms with van der Waals surface area (Å²) in [5, 5.41) is 11.0. The standard InChI is InChI=1S/C13H16N4OS/c1-8-5-11(9(2)17(8)10-3-4-10)12(18)7-19-13-6-14-16-15-13/h5-6,10H,3-4,7H2,1-2H3,(H,14,15,16). The number of nitrogens with one attached hydrogen (secondary N) is 1. The molecule has 1 aliphatic rings. The molecule has 5 nitrogen and oxygen atoms in total. The van der Waals surface area contributed by atoms with E-state index in [1.165, 1.54) is 30.3 Å². The predicted octanol–water partition coefficient (Wildman–Crippen LogP) is 2.53. The van der Waals surface area contributed by atoms with Gasteiger partial charge in [0.25, 0.3) is 0 Å². The van der Waals surface area contributed by atoms with Gasteiger partial charge in [0.05, 0.1) is 11.9 Å². The molecule has 0 aliphatic heterocycles. The van der Waals surface area contributed by atoms with Gasteiger partial charge in [-0.2, -0.15) is 10.3 Å². The van der Waals surface area contributed by atoms with Crippen molar-refractivity contribution in [1.29, 1.82) is 0 Å². The van der Waals surface area contributed by atoms with E-state index in [-0.39, 0.29) is 5.78 Å². The maximum atomic E-state index is 12.3. The minimum Gasteiger partial charge on any atom is -0.345 e. The van der Waals surface area contributed by atoms with E-state index in [2.05, 4.69) is 26.9 Å². The van der Waals surface area contributed by atoms with Gasteiger partial charge < -0.3 is 4.57 Å². The van der Waals surface area contributed by atoms with Gasteiger partial charge in [-0.3, -0.25) is 4.79 Å². The molecule has 0 amide bonds. The van der Waals surface area contributed by atoms with Crippen LogP contribution >= 0.6 is 11.8 Å². The first kappa shape index (κ1) is 12.5. The highest BCUT2D eigenvalue weighted by Gasteiger charge is 2.28. The zero-order valence-corrected chi connectivity index (χ0v) is 11.8. The van der Waals surface area contributed by atoms with Crippen LogP contribution in [0.3, 0.4) is 0 Å². The molecule has 3 rings (SSSR count). The van der Waals surface area contributed by atoms with Gasteiger partial charge in [0.2, 0.25) is 0 Å². The number of nitrogens with zero attached hydrogens (tertiary/aromatic N) is 3. The molecule has 0 radical (unpaired) electrons. The number of hydrogen-bond acceptors (Lipinski definition) is 4. The van der Waals surface area contributed by atoms with Crippen LogP contribution in [0.5, 0.6) is 0 Å². The van der Waals surface area contributed by atoms with Crippen molar-refractivity contribution in [2.75, 3.05) is 5.75 Å². The van der Waals surface area contributed by atoms with Crippen molar-refractivity contribution in [1.82, 2.24) is 20.0 Å². The Morgan fingerprint density at radius 2 is 2.32 bits per heavy atom. The number of carbonyl (C=O) groups is 1. The van der Waals surface area contributed by atoms with Crippen LogP contribution in [0.1, 0.15) is 40.6 Å². The summed E-state index contributed by atoms with van der Waals surface area (Å²) >= 11 is 1.41. The van der Waals surface area contributed by atoms with Crippen molar-refractivity contribution in [2.45, 2.75) is 37.8 Å². The number of carbonyl (C=O) groups excluding carboxylic acids is 1. The van der Waals surface area contributed by atoms with Crippen molar-refractivity contribution in [3.8, 4) is 0 Å². The quantitative estimate of drug-likeness (QED) is 0.673. The summed E-state index contributed by atoms with van der Waals surface area (Å²) in [4.78, 5) is 12.3. The first-order valence-corrected chi connectivity index (χ1v) is 7.35. The van der Waals surface area contributed by atoms with E-state index in [9.17, 15) is 4.79 Å². The van der Waals surface area contributed by atoms with Crippen LogP contribution in [0.2, 0.25) is 0 Å². The van der Waals surface area contributed by atoms with Crippen molar-refractivity contribution in [3.05, 3.63) is 29.2 Å². The topological polar surface area (TPSA) is 63.6 Å². The highest BCUT2D eigenvalue weighted by Crippen LogP contribution is 2.38. The van der Waals surface area contributed by atoms with Gasteiger partial charge >= 0.3 is 0 Å². The zero-order valence-electron chi connectivity index (χ0n) is 11.0. The Balaban J connectivity index is 1.74. The van der Waals surface area contributed by atoms with Crippen LogP contribution < -0.4 is 0 Å². The van der Waals surface area contributed by atoms with E-state index in [4.69, 9.17) is 0 Å². The molecule has 2 aromatic heterocycles. The maximum Gasteiger partial charge on any atom is 0.174 e. The number of H-pyrrole nitrogens is 1. The summed E-state index contributed by atoms with van der Waals surface area (Å²) in [6.07, 6.45) is 4.10. The number of aryl methyl sites for hydroxylation is 1. The number of rotatable bonds is 5. The Bertz CT molecular complexity index is 598. The Hall–Kier alpha value is -1.56. The monoisotopic (exact) mass is 276 g/mol. The summed E-state index contributed by atoms with van der Waals surface area (Å²) in [6, 6.07) is 2.63. The van der Waals surface area contributed by atoms with Crippen molar-refractivity contribution in [2.24, 2.45) is 0 Å². The number of Topliss-reactive ketones (excluding diaryl/α,β-unsaturated/α-hetero) is 1. The third-order valence-electron chi connectivity index (χ3n) is 3.44. The lowest BCUT2D eigenvalue weighted by atomic mass is 10.2. The number of hydrogen-bond donors (Lipinski definition) is 1. The molecule has 0 aromatic carbocycles. The molecule has 100 valence electrons. The van der Waals surface area contributed by atoms with Crippen molar-refractivity contribution < 1.29 is 4.79 Å². The van der Waals surface area contributed by atoms with Crippen LogP contribution in [0.4, 0.5) is 0 Å². The molecule has 0 unspecified atom stereocenters. The molecule has 1 saturated carbocycles. The molecule has 19 heavy (non-hydrogen) atoms. The Kier molecular flexibility index (Phi) is 3.18. The second kappa shape index (κ2) is 4.85. The van der Waals surface area contributed by atoms with Gasteiger partial charge in [-0.05, 0) is 32.8 Å². The minimum atomic E-state index is 0.160. The summed E-state index contributed by atoms with van der Waals surface area (Å²) in [5.41, 5.74) is 3.14. The SMILES string of the molecule is Cc1cc(C(=O)CSc2cn[nH]n2)c(C)n1C1CC1. The Morgan fingerprint density at radius 1 is 1.53 bits per heavy atom. The molecule has 0 spiro atoms. The Labute approximate surface area is 115 Å². The lowest BCUT2D eigenvalue weighted by Crippen LogP contribution is -2.05. The molecular weight excluding hydrogens is 260 g/mol. The molecule has 0 atom stereocenters. The maximum absolute atomic E-state index is 12.3. The average molecular weight is 276 g/mol. The first-order valence-electron chi connectivity index (χ1n) is 6.37. The van der Waals surface area contributed by atoms with E-state index in [0.717, 1.165) is 16.3 Å². The largest absolute Gasteiger partial charge is 0.345 e. The van der Waals surface area contributed by atoms with E-state index in [1.54, 1.807) is 6.20 Å². The van der Waals surface area contributed by atoms with Crippen LogP contribution in [0.25, 0.3) is 0 Å². The van der Waals surface area contributed by atoms with Crippen molar-refractivity contribution in [3.63, 3.8) is 0 Å². The van der Waals surface area contributed by atoms with Crippen LogP contribution in [0, 0.1) is 13.8 Å². The average Bonchev–Trinajstić information content (AvgIpc) is 2.98. The number of thioether (sulfide) groups is 1. The number of aromatic amines is 1. The van der Waals surface area contributed by atoms with Gasteiger partial charge in [0.15, 0.2) is 5.78 Å². The fourth-order valence-corrected chi connectivity index (χ4v) is 3.10. The smallest absolute Gasteiger partial charge is 0.174 e. The highest BCUT2D eigenvalue weighted by molar-refractivity contribution is 7.99. The Morgan fingerprint density at radius 3 is 2.95 bits per heavy atom. The van der Waals surface area contributed by atoms with E-state index >= 15 is 0 Å². The van der Waals surface area contributed by atoms with Crippen molar-refractivity contribution >= 4 is 17.5 Å². The molecule has 1 N–H and O–H groups in total. The molecule has 0 bridgehead atoms. The molecule has 2 aromatic rings. The van der Waals surface area contributed by atoms with Gasteiger partial charge in [0.1, 0.15) is 5.03 Å². The fraction of sp³-hybridized carbons (Fsp3) is 0.462. The second-order valence-corrected chi connectivity index (χ2v) is 5.90. The first-order chi connectivity index (χ1) is 9.16. The summed E-state index contributed by atoms with van der Waals surface area (Å²) in [5.74, 6) is 0.564. The van der Waals surface area contributed by atoms with Gasteiger partial charge in [-0.1, -0.05) is 11.8 Å². The van der Waals surface area contributed by atoms with Gasteiger partial charge in [-0.25, -0.2) is 0 Å².